The first-order valence-electron chi connectivity index (χ1n) is 13.3. The van der Waals surface area contributed by atoms with E-state index in [0.29, 0.717) is 37.7 Å². The first-order valence-corrected chi connectivity index (χ1v) is 14.1. The predicted molar refractivity (Wildman–Crippen MR) is 158 cm³/mol. The maximum atomic E-state index is 14.2. The molecular formula is C33H24N2O5S. The van der Waals surface area contributed by atoms with Crippen LogP contribution in [0, 0.1) is 0 Å². The summed E-state index contributed by atoms with van der Waals surface area (Å²) in [5.74, 6) is 0.644. The minimum Gasteiger partial charge on any atom is -0.463 e. The van der Waals surface area contributed by atoms with E-state index < -0.39 is 12.0 Å². The molecule has 7 nitrogen and oxygen atoms in total. The Balaban J connectivity index is 1.52. The number of nitrogens with zero attached hydrogens (tertiary/aromatic N) is 2. The van der Waals surface area contributed by atoms with Crippen molar-refractivity contribution >= 4 is 39.9 Å². The number of carbonyl (C=O) groups is 1. The number of fused-ring (bicyclic) bond motifs is 3. The molecular weight excluding hydrogens is 536 g/mol. The Morgan fingerprint density at radius 2 is 1.78 bits per heavy atom. The average molecular weight is 561 g/mol. The second-order valence-electron chi connectivity index (χ2n) is 9.61. The monoisotopic (exact) mass is 560 g/mol. The smallest absolute Gasteiger partial charge is 0.338 e. The molecule has 2 aliphatic heterocycles. The Kier molecular flexibility index (Phi) is 6.24. The molecule has 5 aromatic rings. The molecule has 0 bridgehead atoms. The van der Waals surface area contributed by atoms with E-state index in [2.05, 4.69) is 0 Å². The van der Waals surface area contributed by atoms with Crippen LogP contribution in [0.15, 0.2) is 106 Å². The van der Waals surface area contributed by atoms with Crippen molar-refractivity contribution in [3.05, 3.63) is 133 Å². The number of carbonyl (C=O) groups excluding carboxylic acids is 1. The van der Waals surface area contributed by atoms with Gasteiger partial charge in [-0.3, -0.25) is 9.36 Å². The number of aromatic nitrogens is 1. The van der Waals surface area contributed by atoms with Crippen LogP contribution in [0.2, 0.25) is 0 Å². The molecule has 1 unspecified atom stereocenters. The quantitative estimate of drug-likeness (QED) is 0.288. The molecule has 1 atom stereocenters. The van der Waals surface area contributed by atoms with Crippen LogP contribution in [0.5, 0.6) is 11.5 Å². The molecule has 7 rings (SSSR count). The first-order chi connectivity index (χ1) is 20.1. The topological polar surface area (TPSA) is 79.1 Å². The second-order valence-corrected chi connectivity index (χ2v) is 10.6. The standard InChI is InChI=1S/C33H24N2O5S/c1-2-38-32(37)28-29(21-10-4-3-5-11-21)34-33-35(30(28)23-15-16-25-26(17-23)40-19-39-25)31(36)27(41-33)18-22-13-8-12-20-9-6-7-14-24(20)22/h3-18,30H,2,19H2,1H3. The maximum absolute atomic E-state index is 14.2. The number of esters is 1. The molecule has 0 saturated carbocycles. The Hall–Kier alpha value is -4.95. The third kappa shape index (κ3) is 4.33. The summed E-state index contributed by atoms with van der Waals surface area (Å²) in [5, 5.41) is 2.13. The number of thiazole rings is 1. The molecule has 8 heteroatoms. The van der Waals surface area contributed by atoms with Gasteiger partial charge in [0.15, 0.2) is 16.3 Å². The highest BCUT2D eigenvalue weighted by Gasteiger charge is 2.36. The third-order valence-corrected chi connectivity index (χ3v) is 8.18. The summed E-state index contributed by atoms with van der Waals surface area (Å²) >= 11 is 1.30. The fourth-order valence-electron chi connectivity index (χ4n) is 5.36. The van der Waals surface area contributed by atoms with Crippen LogP contribution < -0.4 is 24.4 Å². The highest BCUT2D eigenvalue weighted by atomic mass is 32.1. The molecule has 41 heavy (non-hydrogen) atoms. The molecule has 202 valence electrons. The van der Waals surface area contributed by atoms with E-state index in [4.69, 9.17) is 19.2 Å². The molecule has 0 spiro atoms. The van der Waals surface area contributed by atoms with Crippen molar-refractivity contribution in [2.45, 2.75) is 13.0 Å². The number of benzene rings is 4. The van der Waals surface area contributed by atoms with Crippen molar-refractivity contribution in [1.29, 1.82) is 0 Å². The lowest BCUT2D eigenvalue weighted by molar-refractivity contribution is -0.138. The molecule has 0 radical (unpaired) electrons. The SMILES string of the molecule is CCOC(=O)C1=C(c2ccccc2)N=c2sc(=Cc3cccc4ccccc34)c(=O)n2C1c1ccc2c(c1)OCO2. The maximum Gasteiger partial charge on any atom is 0.338 e. The van der Waals surface area contributed by atoms with E-state index in [1.54, 1.807) is 17.6 Å². The average Bonchev–Trinajstić information content (AvgIpc) is 3.60. The summed E-state index contributed by atoms with van der Waals surface area (Å²) < 4.78 is 18.8. The third-order valence-electron chi connectivity index (χ3n) is 7.20. The molecule has 1 aromatic heterocycles. The molecule has 2 aliphatic rings. The molecule has 3 heterocycles. The Labute approximate surface area is 238 Å². The highest BCUT2D eigenvalue weighted by Crippen LogP contribution is 2.40. The lowest BCUT2D eigenvalue weighted by Gasteiger charge is -2.26. The van der Waals surface area contributed by atoms with Crippen molar-refractivity contribution in [2.24, 2.45) is 4.99 Å². The van der Waals surface area contributed by atoms with Gasteiger partial charge in [-0.15, -0.1) is 0 Å². The van der Waals surface area contributed by atoms with E-state index in [0.717, 1.165) is 21.9 Å². The lowest BCUT2D eigenvalue weighted by Crippen LogP contribution is -2.40. The summed E-state index contributed by atoms with van der Waals surface area (Å²) in [6.45, 7) is 2.06. The Bertz CT molecular complexity index is 2040. The van der Waals surface area contributed by atoms with E-state index in [9.17, 15) is 9.59 Å². The molecule has 0 saturated heterocycles. The Morgan fingerprint density at radius 3 is 2.63 bits per heavy atom. The zero-order valence-electron chi connectivity index (χ0n) is 22.1. The van der Waals surface area contributed by atoms with Crippen LogP contribution in [0.4, 0.5) is 0 Å². The van der Waals surface area contributed by atoms with Gasteiger partial charge >= 0.3 is 5.97 Å². The highest BCUT2D eigenvalue weighted by molar-refractivity contribution is 7.07. The first kappa shape index (κ1) is 25.0. The van der Waals surface area contributed by atoms with Crippen molar-refractivity contribution in [3.8, 4) is 11.5 Å². The predicted octanol–water partition coefficient (Wildman–Crippen LogP) is 4.82. The zero-order chi connectivity index (χ0) is 27.9. The largest absolute Gasteiger partial charge is 0.463 e. The molecule has 0 aliphatic carbocycles. The number of rotatable bonds is 5. The van der Waals surface area contributed by atoms with Crippen molar-refractivity contribution < 1.29 is 19.0 Å². The molecule has 0 N–H and O–H groups in total. The zero-order valence-corrected chi connectivity index (χ0v) is 22.9. The van der Waals surface area contributed by atoms with Gasteiger partial charge in [0, 0.05) is 5.56 Å². The van der Waals surface area contributed by atoms with Gasteiger partial charge in [-0.2, -0.15) is 0 Å². The van der Waals surface area contributed by atoms with Crippen LogP contribution in [0.1, 0.15) is 29.7 Å². The molecule has 4 aromatic carbocycles. The van der Waals surface area contributed by atoms with Crippen LogP contribution in [-0.2, 0) is 9.53 Å². The Morgan fingerprint density at radius 1 is 1.00 bits per heavy atom. The summed E-state index contributed by atoms with van der Waals surface area (Å²) in [7, 11) is 0. The molecule has 0 fully saturated rings. The molecule has 0 amide bonds. The van der Waals surface area contributed by atoms with Gasteiger partial charge in [0.05, 0.1) is 28.5 Å². The number of ether oxygens (including phenoxy) is 3. The van der Waals surface area contributed by atoms with Crippen LogP contribution in [0.3, 0.4) is 0 Å². The van der Waals surface area contributed by atoms with Gasteiger partial charge in [-0.1, -0.05) is 90.2 Å². The van der Waals surface area contributed by atoms with Crippen LogP contribution in [-0.4, -0.2) is 23.9 Å². The second kappa shape index (κ2) is 10.2. The van der Waals surface area contributed by atoms with Gasteiger partial charge in [0.2, 0.25) is 6.79 Å². The van der Waals surface area contributed by atoms with Crippen LogP contribution in [0.25, 0.3) is 22.5 Å². The van der Waals surface area contributed by atoms with Gasteiger partial charge < -0.3 is 14.2 Å². The summed E-state index contributed by atoms with van der Waals surface area (Å²) in [5.41, 5.74) is 2.91. The minimum absolute atomic E-state index is 0.114. The van der Waals surface area contributed by atoms with E-state index >= 15 is 0 Å². The summed E-state index contributed by atoms with van der Waals surface area (Å²) in [6, 6.07) is 28.3. The fraction of sp³-hybridized carbons (Fsp3) is 0.121. The summed E-state index contributed by atoms with van der Waals surface area (Å²) in [6.07, 6.45) is 1.90. The lowest BCUT2D eigenvalue weighted by atomic mass is 9.93. The van der Waals surface area contributed by atoms with E-state index in [1.807, 2.05) is 91.0 Å². The van der Waals surface area contributed by atoms with Crippen LogP contribution >= 0.6 is 11.3 Å². The van der Waals surface area contributed by atoms with E-state index in [-0.39, 0.29) is 19.0 Å². The number of hydrogen-bond acceptors (Lipinski definition) is 7. The van der Waals surface area contributed by atoms with Gasteiger partial charge in [0.25, 0.3) is 5.56 Å². The van der Waals surface area contributed by atoms with Crippen molar-refractivity contribution in [3.63, 3.8) is 0 Å². The van der Waals surface area contributed by atoms with Crippen molar-refractivity contribution in [2.75, 3.05) is 13.4 Å². The van der Waals surface area contributed by atoms with Gasteiger partial charge in [-0.05, 0) is 47.0 Å². The fourth-order valence-corrected chi connectivity index (χ4v) is 6.35. The minimum atomic E-state index is -0.787. The number of hydrogen-bond donors (Lipinski definition) is 0. The summed E-state index contributed by atoms with van der Waals surface area (Å²) in [4.78, 5) is 33.3. The van der Waals surface area contributed by atoms with Gasteiger partial charge in [0.1, 0.15) is 0 Å². The van der Waals surface area contributed by atoms with E-state index in [1.165, 1.54) is 11.3 Å². The normalized spacial score (nSPS) is 16.0. The van der Waals surface area contributed by atoms with Gasteiger partial charge in [-0.25, -0.2) is 9.79 Å². The van der Waals surface area contributed by atoms with Crippen molar-refractivity contribution in [1.82, 2.24) is 4.57 Å².